The number of methoxy groups -OCH3 is 2. The van der Waals surface area contributed by atoms with Crippen LogP contribution in [0.1, 0.15) is 24.5 Å². The first-order chi connectivity index (χ1) is 14.0. The van der Waals surface area contributed by atoms with Gasteiger partial charge in [-0.05, 0) is 61.2 Å². The molecule has 0 fully saturated rings. The predicted octanol–water partition coefficient (Wildman–Crippen LogP) is 3.45. The van der Waals surface area contributed by atoms with E-state index in [4.69, 9.17) is 14.5 Å². The summed E-state index contributed by atoms with van der Waals surface area (Å²) < 4.78 is 12.3. The fourth-order valence-electron chi connectivity index (χ4n) is 3.81. The molecular formula is C23H25N3O3. The molecule has 1 aromatic carbocycles. The van der Waals surface area contributed by atoms with E-state index in [0.717, 1.165) is 29.7 Å². The largest absolute Gasteiger partial charge is 0.493 e. The van der Waals surface area contributed by atoms with Gasteiger partial charge in [0.15, 0.2) is 11.5 Å². The summed E-state index contributed by atoms with van der Waals surface area (Å²) in [5, 5.41) is 3.42. The smallest absolute Gasteiger partial charge is 0.258 e. The third-order valence-corrected chi connectivity index (χ3v) is 5.37. The molecule has 150 valence electrons. The summed E-state index contributed by atoms with van der Waals surface area (Å²) in [4.78, 5) is 17.6. The van der Waals surface area contributed by atoms with Crippen molar-refractivity contribution in [3.63, 3.8) is 0 Å². The van der Waals surface area contributed by atoms with E-state index in [9.17, 15) is 4.79 Å². The lowest BCUT2D eigenvalue weighted by Crippen LogP contribution is -2.30. The maximum absolute atomic E-state index is 12.9. The van der Waals surface area contributed by atoms with Crippen molar-refractivity contribution in [1.82, 2.24) is 14.7 Å². The Morgan fingerprint density at radius 1 is 1.14 bits per heavy atom. The number of rotatable bonds is 4. The van der Waals surface area contributed by atoms with Crippen molar-refractivity contribution in [2.75, 3.05) is 20.8 Å². The molecule has 0 saturated carbocycles. The zero-order chi connectivity index (χ0) is 20.5. The number of aromatic nitrogens is 2. The van der Waals surface area contributed by atoms with Gasteiger partial charge in [0.05, 0.1) is 19.9 Å². The first kappa shape index (κ1) is 19.2. The quantitative estimate of drug-likeness (QED) is 0.738. The van der Waals surface area contributed by atoms with Gasteiger partial charge >= 0.3 is 0 Å². The summed E-state index contributed by atoms with van der Waals surface area (Å²) in [6, 6.07) is 9.49. The Balaban J connectivity index is 1.82. The first-order valence-electron chi connectivity index (χ1n) is 9.69. The van der Waals surface area contributed by atoms with Crippen molar-refractivity contribution in [2.24, 2.45) is 0 Å². The normalized spacial score (nSPS) is 16.6. The average molecular weight is 391 g/mol. The minimum atomic E-state index is -0.108. The fraction of sp³-hybridized carbons (Fsp3) is 0.304. The number of pyridine rings is 1. The number of nitrogens with zero attached hydrogens (tertiary/aromatic N) is 2. The van der Waals surface area contributed by atoms with Crippen molar-refractivity contribution < 1.29 is 9.47 Å². The van der Waals surface area contributed by atoms with Crippen molar-refractivity contribution in [1.29, 1.82) is 0 Å². The minimum Gasteiger partial charge on any atom is -0.493 e. The van der Waals surface area contributed by atoms with Crippen LogP contribution in [0.5, 0.6) is 11.5 Å². The molecule has 2 aromatic heterocycles. The third-order valence-electron chi connectivity index (χ3n) is 5.37. The number of hydrogen-bond donors (Lipinski definition) is 1. The Bertz CT molecular complexity index is 1160. The molecule has 1 atom stereocenters. The highest BCUT2D eigenvalue weighted by Gasteiger charge is 2.16. The van der Waals surface area contributed by atoms with Gasteiger partial charge in [-0.25, -0.2) is 4.98 Å². The van der Waals surface area contributed by atoms with Crippen LogP contribution in [0.25, 0.3) is 22.5 Å². The van der Waals surface area contributed by atoms with Crippen LogP contribution in [-0.4, -0.2) is 36.2 Å². The summed E-state index contributed by atoms with van der Waals surface area (Å²) in [6.07, 6.45) is 5.06. The fourth-order valence-corrected chi connectivity index (χ4v) is 3.81. The van der Waals surface area contributed by atoms with E-state index in [1.165, 1.54) is 5.57 Å². The molecule has 0 radical (unpaired) electrons. The lowest BCUT2D eigenvalue weighted by molar-refractivity contribution is 0.355. The number of fused-ring (bicyclic) bond motifs is 1. The van der Waals surface area contributed by atoms with E-state index in [0.29, 0.717) is 28.9 Å². The summed E-state index contributed by atoms with van der Waals surface area (Å²) >= 11 is 0. The first-order valence-corrected chi connectivity index (χ1v) is 9.69. The number of aryl methyl sites for hydroxylation is 1. The highest BCUT2D eigenvalue weighted by atomic mass is 16.5. The van der Waals surface area contributed by atoms with Gasteiger partial charge in [-0.1, -0.05) is 6.08 Å². The minimum absolute atomic E-state index is 0.108. The Kier molecular flexibility index (Phi) is 5.11. The highest BCUT2D eigenvalue weighted by molar-refractivity contribution is 5.71. The van der Waals surface area contributed by atoms with Gasteiger partial charge in [0, 0.05) is 30.4 Å². The van der Waals surface area contributed by atoms with Crippen molar-refractivity contribution in [3.8, 4) is 22.8 Å². The maximum atomic E-state index is 12.9. The Labute approximate surface area is 169 Å². The summed E-state index contributed by atoms with van der Waals surface area (Å²) in [5.74, 6) is 1.24. The molecule has 0 amide bonds. The van der Waals surface area contributed by atoms with Crippen molar-refractivity contribution in [2.45, 2.75) is 26.3 Å². The lowest BCUT2D eigenvalue weighted by Gasteiger charge is -2.22. The maximum Gasteiger partial charge on any atom is 0.258 e. The molecule has 4 rings (SSSR count). The standard InChI is InChI=1S/C23H25N3O3/c1-14-9-22-25-19(17-5-6-20(28-3)21(11-17)29-4)12-23(27)26(22)13-18(14)16-7-8-24-15(2)10-16/h5-7,9,11-13,15,24H,8,10H2,1-4H3. The van der Waals surface area contributed by atoms with E-state index in [1.54, 1.807) is 24.7 Å². The van der Waals surface area contributed by atoms with Gasteiger partial charge in [-0.2, -0.15) is 0 Å². The Hall–Kier alpha value is -3.12. The molecule has 1 aliphatic rings. The molecule has 1 N–H and O–H groups in total. The molecule has 3 aromatic rings. The third kappa shape index (κ3) is 3.63. The Morgan fingerprint density at radius 2 is 1.93 bits per heavy atom. The molecule has 1 unspecified atom stereocenters. The van der Waals surface area contributed by atoms with Gasteiger partial charge in [0.25, 0.3) is 5.56 Å². The zero-order valence-electron chi connectivity index (χ0n) is 17.2. The number of benzene rings is 1. The second-order valence-electron chi connectivity index (χ2n) is 7.39. The monoisotopic (exact) mass is 391 g/mol. The summed E-state index contributed by atoms with van der Waals surface area (Å²) in [7, 11) is 3.18. The van der Waals surface area contributed by atoms with Gasteiger partial charge in [0.2, 0.25) is 0 Å². The second-order valence-corrected chi connectivity index (χ2v) is 7.39. The molecule has 0 bridgehead atoms. The van der Waals surface area contributed by atoms with E-state index >= 15 is 0 Å². The van der Waals surface area contributed by atoms with Gasteiger partial charge in [0.1, 0.15) is 5.65 Å². The van der Waals surface area contributed by atoms with Crippen LogP contribution in [0.2, 0.25) is 0 Å². The zero-order valence-corrected chi connectivity index (χ0v) is 17.2. The molecule has 0 saturated heterocycles. The predicted molar refractivity (Wildman–Crippen MR) is 115 cm³/mol. The summed E-state index contributed by atoms with van der Waals surface area (Å²) in [5.41, 5.74) is 5.42. The highest BCUT2D eigenvalue weighted by Crippen LogP contribution is 2.32. The van der Waals surface area contributed by atoms with Crippen LogP contribution in [0, 0.1) is 6.92 Å². The van der Waals surface area contributed by atoms with Crippen LogP contribution in [0.3, 0.4) is 0 Å². The number of hydrogen-bond acceptors (Lipinski definition) is 5. The van der Waals surface area contributed by atoms with E-state index in [-0.39, 0.29) is 5.56 Å². The van der Waals surface area contributed by atoms with E-state index in [2.05, 4.69) is 25.2 Å². The topological polar surface area (TPSA) is 64.9 Å². The molecule has 6 nitrogen and oxygen atoms in total. The van der Waals surface area contributed by atoms with Crippen molar-refractivity contribution >= 4 is 11.2 Å². The summed E-state index contributed by atoms with van der Waals surface area (Å²) in [6.45, 7) is 5.09. The van der Waals surface area contributed by atoms with Crippen LogP contribution in [-0.2, 0) is 0 Å². The number of ether oxygens (including phenoxy) is 2. The van der Waals surface area contributed by atoms with Crippen molar-refractivity contribution in [3.05, 3.63) is 64.1 Å². The molecule has 29 heavy (non-hydrogen) atoms. The van der Waals surface area contributed by atoms with Crippen LogP contribution in [0.4, 0.5) is 0 Å². The van der Waals surface area contributed by atoms with Gasteiger partial charge in [-0.3, -0.25) is 9.20 Å². The van der Waals surface area contributed by atoms with Crippen LogP contribution < -0.4 is 20.3 Å². The van der Waals surface area contributed by atoms with Gasteiger partial charge in [-0.15, -0.1) is 0 Å². The van der Waals surface area contributed by atoms with Gasteiger partial charge < -0.3 is 14.8 Å². The Morgan fingerprint density at radius 3 is 2.66 bits per heavy atom. The SMILES string of the molecule is COc1ccc(-c2cc(=O)n3cc(C4=CCNC(C)C4)c(C)cc3n2)cc1OC. The molecule has 3 heterocycles. The molecule has 6 heteroatoms. The van der Waals surface area contributed by atoms with E-state index < -0.39 is 0 Å². The molecule has 0 spiro atoms. The van der Waals surface area contributed by atoms with Crippen LogP contribution in [0.15, 0.2) is 47.4 Å². The molecular weight excluding hydrogens is 366 g/mol. The second kappa shape index (κ2) is 7.72. The molecule has 0 aliphatic carbocycles. The van der Waals surface area contributed by atoms with Crippen LogP contribution >= 0.6 is 0 Å². The average Bonchev–Trinajstić information content (AvgIpc) is 2.72. The van der Waals surface area contributed by atoms with E-state index in [1.807, 2.05) is 30.5 Å². The lowest BCUT2D eigenvalue weighted by atomic mass is 9.94. The number of nitrogens with one attached hydrogen (secondary N) is 1. The molecule has 1 aliphatic heterocycles.